The molecule has 0 saturated heterocycles. The summed E-state index contributed by atoms with van der Waals surface area (Å²) in [5.74, 6) is 0.932. The third-order valence-corrected chi connectivity index (χ3v) is 3.45. The molecule has 0 saturated carbocycles. The van der Waals surface area contributed by atoms with Gasteiger partial charge in [-0.3, -0.25) is 0 Å². The zero-order valence-electron chi connectivity index (χ0n) is 11.9. The molecular weight excluding hydrogens is 260 g/mol. The highest BCUT2D eigenvalue weighted by atomic mass is 16.5. The molecule has 3 nitrogen and oxygen atoms in total. The molecule has 0 aliphatic carbocycles. The van der Waals surface area contributed by atoms with Gasteiger partial charge in [-0.1, -0.05) is 36.4 Å². The Morgan fingerprint density at radius 1 is 1.10 bits per heavy atom. The molecule has 3 heteroatoms. The molecule has 106 valence electrons. The monoisotopic (exact) mass is 278 g/mol. The summed E-state index contributed by atoms with van der Waals surface area (Å²) in [5, 5.41) is 0. The van der Waals surface area contributed by atoms with E-state index in [9.17, 15) is 0 Å². The number of ether oxygens (including phenoxy) is 1. The van der Waals surface area contributed by atoms with Crippen LogP contribution >= 0.6 is 0 Å². The normalized spacial score (nSPS) is 10.7. The maximum absolute atomic E-state index is 5.92. The van der Waals surface area contributed by atoms with Crippen molar-refractivity contribution in [2.75, 3.05) is 6.61 Å². The first-order valence-corrected chi connectivity index (χ1v) is 7.10. The number of rotatable bonds is 6. The van der Waals surface area contributed by atoms with Crippen molar-refractivity contribution in [1.29, 1.82) is 0 Å². The number of imidazole rings is 1. The highest BCUT2D eigenvalue weighted by Gasteiger charge is 2.03. The largest absolute Gasteiger partial charge is 0.491 e. The molecule has 0 spiro atoms. The maximum atomic E-state index is 5.92. The summed E-state index contributed by atoms with van der Waals surface area (Å²) in [6.07, 6.45) is 4.58. The molecule has 2 aromatic carbocycles. The van der Waals surface area contributed by atoms with Crippen molar-refractivity contribution in [3.05, 3.63) is 73.1 Å². The highest BCUT2D eigenvalue weighted by molar-refractivity contribution is 5.74. The lowest BCUT2D eigenvalue weighted by atomic mass is 10.1. The van der Waals surface area contributed by atoms with Gasteiger partial charge >= 0.3 is 0 Å². The SMILES string of the molecule is C=CCc1ccccc1OCCn1cnc2ccccc21. The summed E-state index contributed by atoms with van der Waals surface area (Å²) in [6, 6.07) is 16.2. The minimum absolute atomic E-state index is 0.620. The van der Waals surface area contributed by atoms with Crippen LogP contribution in [0.5, 0.6) is 5.75 Å². The number of hydrogen-bond acceptors (Lipinski definition) is 2. The number of allylic oxidation sites excluding steroid dienone is 1. The number of benzene rings is 2. The van der Waals surface area contributed by atoms with E-state index in [4.69, 9.17) is 4.74 Å². The van der Waals surface area contributed by atoms with Crippen molar-refractivity contribution in [2.45, 2.75) is 13.0 Å². The molecule has 0 aliphatic heterocycles. The van der Waals surface area contributed by atoms with Crippen LogP contribution in [0.25, 0.3) is 11.0 Å². The Kier molecular flexibility index (Phi) is 4.01. The van der Waals surface area contributed by atoms with Crippen LogP contribution in [0.1, 0.15) is 5.56 Å². The van der Waals surface area contributed by atoms with E-state index < -0.39 is 0 Å². The summed E-state index contributed by atoms with van der Waals surface area (Å²) in [6.45, 7) is 5.18. The first-order valence-electron chi connectivity index (χ1n) is 7.10. The first kappa shape index (κ1) is 13.4. The van der Waals surface area contributed by atoms with Crippen LogP contribution in [0, 0.1) is 0 Å². The molecule has 0 fully saturated rings. The van der Waals surface area contributed by atoms with E-state index in [1.807, 2.05) is 48.8 Å². The average Bonchev–Trinajstić information content (AvgIpc) is 2.93. The molecule has 0 amide bonds. The van der Waals surface area contributed by atoms with Gasteiger partial charge in [0, 0.05) is 0 Å². The molecule has 0 N–H and O–H groups in total. The van der Waals surface area contributed by atoms with Gasteiger partial charge in [0.2, 0.25) is 0 Å². The van der Waals surface area contributed by atoms with Crippen LogP contribution in [0.4, 0.5) is 0 Å². The summed E-state index contributed by atoms with van der Waals surface area (Å²) in [4.78, 5) is 4.39. The minimum atomic E-state index is 0.620. The number of nitrogens with zero attached hydrogens (tertiary/aromatic N) is 2. The van der Waals surface area contributed by atoms with E-state index in [1.165, 1.54) is 5.56 Å². The van der Waals surface area contributed by atoms with Gasteiger partial charge < -0.3 is 9.30 Å². The molecule has 0 radical (unpaired) electrons. The molecule has 1 aromatic heterocycles. The summed E-state index contributed by atoms with van der Waals surface area (Å²) >= 11 is 0. The molecular formula is C18H18N2O. The number of para-hydroxylation sites is 3. The van der Waals surface area contributed by atoms with Crippen molar-refractivity contribution < 1.29 is 4.74 Å². The predicted molar refractivity (Wildman–Crippen MR) is 85.6 cm³/mol. The Morgan fingerprint density at radius 2 is 1.90 bits per heavy atom. The van der Waals surface area contributed by atoms with Gasteiger partial charge in [0.05, 0.1) is 23.9 Å². The lowest BCUT2D eigenvalue weighted by Gasteiger charge is -2.11. The van der Waals surface area contributed by atoms with Gasteiger partial charge in [0.1, 0.15) is 12.4 Å². The molecule has 3 aromatic rings. The van der Waals surface area contributed by atoms with E-state index in [0.29, 0.717) is 6.61 Å². The molecule has 0 aliphatic rings. The van der Waals surface area contributed by atoms with Gasteiger partial charge in [-0.15, -0.1) is 6.58 Å². The van der Waals surface area contributed by atoms with Gasteiger partial charge in [-0.2, -0.15) is 0 Å². The second kappa shape index (κ2) is 6.27. The van der Waals surface area contributed by atoms with E-state index in [0.717, 1.165) is 29.7 Å². The minimum Gasteiger partial charge on any atom is -0.491 e. The van der Waals surface area contributed by atoms with Crippen LogP contribution < -0.4 is 4.74 Å². The Labute approximate surface area is 124 Å². The van der Waals surface area contributed by atoms with Crippen molar-refractivity contribution in [3.63, 3.8) is 0 Å². The Balaban J connectivity index is 1.67. The molecule has 0 bridgehead atoms. The van der Waals surface area contributed by atoms with Crippen molar-refractivity contribution in [3.8, 4) is 5.75 Å². The standard InChI is InChI=1S/C18H18N2O/c1-2-7-15-8-3-6-11-18(15)21-13-12-20-14-19-16-9-4-5-10-17(16)20/h2-6,8-11,14H,1,7,12-13H2. The van der Waals surface area contributed by atoms with Crippen LogP contribution in [-0.2, 0) is 13.0 Å². The molecule has 3 rings (SSSR count). The summed E-state index contributed by atoms with van der Waals surface area (Å²) < 4.78 is 8.03. The molecule has 1 heterocycles. The fourth-order valence-corrected chi connectivity index (χ4v) is 2.41. The number of fused-ring (bicyclic) bond motifs is 1. The first-order chi connectivity index (χ1) is 10.4. The van der Waals surface area contributed by atoms with Crippen LogP contribution in [0.2, 0.25) is 0 Å². The molecule has 0 atom stereocenters. The van der Waals surface area contributed by atoms with E-state index >= 15 is 0 Å². The second-order valence-electron chi connectivity index (χ2n) is 4.88. The smallest absolute Gasteiger partial charge is 0.122 e. The van der Waals surface area contributed by atoms with Gasteiger partial charge in [0.15, 0.2) is 0 Å². The topological polar surface area (TPSA) is 27.1 Å². The fraction of sp³-hybridized carbons (Fsp3) is 0.167. The van der Waals surface area contributed by atoms with Crippen LogP contribution in [-0.4, -0.2) is 16.2 Å². The average molecular weight is 278 g/mol. The lowest BCUT2D eigenvalue weighted by Crippen LogP contribution is -2.08. The summed E-state index contributed by atoms with van der Waals surface area (Å²) in [5.41, 5.74) is 3.33. The Hall–Kier alpha value is -2.55. The molecule has 21 heavy (non-hydrogen) atoms. The molecule has 0 unspecified atom stereocenters. The highest BCUT2D eigenvalue weighted by Crippen LogP contribution is 2.19. The van der Waals surface area contributed by atoms with Crippen molar-refractivity contribution >= 4 is 11.0 Å². The quantitative estimate of drug-likeness (QED) is 0.640. The third kappa shape index (κ3) is 2.97. The Morgan fingerprint density at radius 3 is 2.81 bits per heavy atom. The summed E-state index contributed by atoms with van der Waals surface area (Å²) in [7, 11) is 0. The van der Waals surface area contributed by atoms with Gasteiger partial charge in [-0.05, 0) is 30.2 Å². The van der Waals surface area contributed by atoms with Crippen LogP contribution in [0.15, 0.2) is 67.5 Å². The van der Waals surface area contributed by atoms with Crippen molar-refractivity contribution in [1.82, 2.24) is 9.55 Å². The second-order valence-corrected chi connectivity index (χ2v) is 4.88. The third-order valence-electron chi connectivity index (χ3n) is 3.45. The zero-order valence-corrected chi connectivity index (χ0v) is 11.9. The number of aromatic nitrogens is 2. The van der Waals surface area contributed by atoms with Gasteiger partial charge in [0.25, 0.3) is 0 Å². The van der Waals surface area contributed by atoms with E-state index in [-0.39, 0.29) is 0 Å². The van der Waals surface area contributed by atoms with Crippen LogP contribution in [0.3, 0.4) is 0 Å². The zero-order chi connectivity index (χ0) is 14.5. The van der Waals surface area contributed by atoms with E-state index in [2.05, 4.69) is 28.3 Å². The predicted octanol–water partition coefficient (Wildman–Crippen LogP) is 3.84. The van der Waals surface area contributed by atoms with Crippen molar-refractivity contribution in [2.24, 2.45) is 0 Å². The fourth-order valence-electron chi connectivity index (χ4n) is 2.41. The van der Waals surface area contributed by atoms with E-state index in [1.54, 1.807) is 0 Å². The lowest BCUT2D eigenvalue weighted by molar-refractivity contribution is 0.297. The number of hydrogen-bond donors (Lipinski definition) is 0. The van der Waals surface area contributed by atoms with Gasteiger partial charge in [-0.25, -0.2) is 4.98 Å². The maximum Gasteiger partial charge on any atom is 0.122 e. The Bertz CT molecular complexity index is 746.